The van der Waals surface area contributed by atoms with Crippen LogP contribution in [0.2, 0.25) is 0 Å². The summed E-state index contributed by atoms with van der Waals surface area (Å²) in [6.07, 6.45) is 0.178. The highest BCUT2D eigenvalue weighted by atomic mass is 32.2. The maximum absolute atomic E-state index is 13.1. The van der Waals surface area contributed by atoms with E-state index in [0.717, 1.165) is 23.4 Å². The maximum Gasteiger partial charge on any atom is 0.416 e. The quantitative estimate of drug-likeness (QED) is 0.400. The molecule has 0 amide bonds. The summed E-state index contributed by atoms with van der Waals surface area (Å²) in [5, 5.41) is 8.76. The fourth-order valence-corrected chi connectivity index (χ4v) is 3.56. The van der Waals surface area contributed by atoms with E-state index in [9.17, 15) is 18.0 Å². The number of pyridine rings is 1. The first-order valence-electron chi connectivity index (χ1n) is 8.64. The average Bonchev–Trinajstić information content (AvgIpc) is 3.10. The van der Waals surface area contributed by atoms with Gasteiger partial charge in [0.1, 0.15) is 5.78 Å². The molecule has 0 N–H and O–H groups in total. The Labute approximate surface area is 169 Å². The highest BCUT2D eigenvalue weighted by molar-refractivity contribution is 7.99. The first-order chi connectivity index (χ1) is 13.9. The summed E-state index contributed by atoms with van der Waals surface area (Å²) in [5.74, 6) is 0.229. The van der Waals surface area contributed by atoms with Crippen LogP contribution < -0.4 is 0 Å². The normalized spacial score (nSPS) is 11.4. The van der Waals surface area contributed by atoms with Gasteiger partial charge in [0.2, 0.25) is 0 Å². The molecule has 0 spiro atoms. The number of benzene rings is 1. The third kappa shape index (κ3) is 5.11. The van der Waals surface area contributed by atoms with E-state index in [0.29, 0.717) is 17.5 Å². The summed E-state index contributed by atoms with van der Waals surface area (Å²) in [7, 11) is 0. The molecular formula is C20H17F3N4OS. The molecule has 3 rings (SSSR count). The van der Waals surface area contributed by atoms with Crippen LogP contribution in [0.1, 0.15) is 11.1 Å². The summed E-state index contributed by atoms with van der Waals surface area (Å²) in [6, 6.07) is 8.72. The van der Waals surface area contributed by atoms with Crippen LogP contribution in [0.4, 0.5) is 13.2 Å². The largest absolute Gasteiger partial charge is 0.416 e. The molecular weight excluding hydrogens is 401 g/mol. The van der Waals surface area contributed by atoms with Crippen molar-refractivity contribution in [2.24, 2.45) is 0 Å². The van der Waals surface area contributed by atoms with Crippen LogP contribution in [0.3, 0.4) is 0 Å². The Morgan fingerprint density at radius 3 is 2.66 bits per heavy atom. The zero-order valence-corrected chi connectivity index (χ0v) is 16.1. The highest BCUT2D eigenvalue weighted by Gasteiger charge is 2.33. The third-order valence-electron chi connectivity index (χ3n) is 4.02. The molecule has 0 atom stereocenters. The van der Waals surface area contributed by atoms with Gasteiger partial charge in [-0.2, -0.15) is 13.2 Å². The van der Waals surface area contributed by atoms with E-state index in [1.54, 1.807) is 29.1 Å². The van der Waals surface area contributed by atoms with Crippen molar-refractivity contribution in [3.05, 3.63) is 72.6 Å². The Morgan fingerprint density at radius 1 is 1.17 bits per heavy atom. The molecule has 5 nitrogen and oxygen atoms in total. The number of allylic oxidation sites excluding steroid dienone is 1. The third-order valence-corrected chi connectivity index (χ3v) is 5.05. The fourth-order valence-electron chi connectivity index (χ4n) is 2.76. The van der Waals surface area contributed by atoms with E-state index in [1.807, 2.05) is 6.07 Å². The number of carbonyl (C=O) groups is 1. The molecule has 0 aliphatic rings. The molecule has 9 heteroatoms. The number of alkyl halides is 3. The van der Waals surface area contributed by atoms with E-state index in [1.165, 1.54) is 18.2 Å². The molecule has 0 aliphatic carbocycles. The lowest BCUT2D eigenvalue weighted by Crippen LogP contribution is -2.14. The minimum atomic E-state index is -4.49. The molecule has 0 unspecified atom stereocenters. The summed E-state index contributed by atoms with van der Waals surface area (Å²) in [6.45, 7) is 4.14. The molecule has 150 valence electrons. The van der Waals surface area contributed by atoms with Gasteiger partial charge >= 0.3 is 6.18 Å². The fraction of sp³-hybridized carbons (Fsp3) is 0.200. The molecule has 29 heavy (non-hydrogen) atoms. The van der Waals surface area contributed by atoms with E-state index in [-0.39, 0.29) is 23.5 Å². The van der Waals surface area contributed by atoms with Crippen LogP contribution in [0.5, 0.6) is 0 Å². The Morgan fingerprint density at radius 2 is 1.97 bits per heavy atom. The van der Waals surface area contributed by atoms with Crippen LogP contribution in [0.15, 0.2) is 66.6 Å². The van der Waals surface area contributed by atoms with Crippen LogP contribution in [0, 0.1) is 0 Å². The monoisotopic (exact) mass is 418 g/mol. The van der Waals surface area contributed by atoms with Crippen molar-refractivity contribution in [1.29, 1.82) is 0 Å². The lowest BCUT2D eigenvalue weighted by molar-refractivity contribution is -0.138. The molecule has 2 aromatic heterocycles. The van der Waals surface area contributed by atoms with Gasteiger partial charge in [0.15, 0.2) is 11.0 Å². The number of halogens is 3. The number of ketones is 1. The van der Waals surface area contributed by atoms with Gasteiger partial charge in [0.25, 0.3) is 0 Å². The van der Waals surface area contributed by atoms with Crippen LogP contribution in [-0.2, 0) is 23.9 Å². The van der Waals surface area contributed by atoms with Crippen molar-refractivity contribution in [2.45, 2.75) is 24.3 Å². The van der Waals surface area contributed by atoms with Crippen molar-refractivity contribution >= 4 is 17.5 Å². The van der Waals surface area contributed by atoms with E-state index < -0.39 is 11.7 Å². The number of hydrogen-bond donors (Lipinski definition) is 0. The van der Waals surface area contributed by atoms with E-state index in [4.69, 9.17) is 0 Å². The topological polar surface area (TPSA) is 60.7 Å². The number of Topliss-reactive ketones (excluding diaryl/α,β-unsaturated/α-hetero) is 1. The van der Waals surface area contributed by atoms with E-state index in [2.05, 4.69) is 21.8 Å². The van der Waals surface area contributed by atoms with E-state index >= 15 is 0 Å². The standard InChI is InChI=1S/C20H17F3N4OS/c1-2-10-27-18(15-7-5-9-24-12-15)25-26-19(27)29-13-16(28)11-14-6-3-4-8-17(14)20(21,22)23/h2-9,12H,1,10-11,13H2. The lowest BCUT2D eigenvalue weighted by Gasteiger charge is -2.12. The van der Waals surface area contributed by atoms with Crippen molar-refractivity contribution < 1.29 is 18.0 Å². The molecule has 0 saturated heterocycles. The highest BCUT2D eigenvalue weighted by Crippen LogP contribution is 2.32. The molecule has 1 aromatic carbocycles. The smallest absolute Gasteiger partial charge is 0.298 e. The summed E-state index contributed by atoms with van der Waals surface area (Å²) >= 11 is 1.13. The van der Waals surface area contributed by atoms with Gasteiger partial charge in [-0.3, -0.25) is 14.3 Å². The van der Waals surface area contributed by atoms with Gasteiger partial charge in [-0.25, -0.2) is 0 Å². The van der Waals surface area contributed by atoms with Crippen LogP contribution in [0.25, 0.3) is 11.4 Å². The Hall–Kier alpha value is -2.94. The Bertz CT molecular complexity index is 1000. The molecule has 0 fully saturated rings. The van der Waals surface area contributed by atoms with Crippen molar-refractivity contribution in [2.75, 3.05) is 5.75 Å². The van der Waals surface area contributed by atoms with Gasteiger partial charge in [0, 0.05) is 30.9 Å². The average molecular weight is 418 g/mol. The minimum Gasteiger partial charge on any atom is -0.298 e. The number of nitrogens with zero attached hydrogens (tertiary/aromatic N) is 4. The first-order valence-corrected chi connectivity index (χ1v) is 9.63. The van der Waals surface area contributed by atoms with Gasteiger partial charge < -0.3 is 0 Å². The van der Waals surface area contributed by atoms with Gasteiger partial charge in [0.05, 0.1) is 11.3 Å². The number of carbonyl (C=O) groups excluding carboxylic acids is 1. The summed E-state index contributed by atoms with van der Waals surface area (Å²) in [5.41, 5.74) is -0.0552. The molecule has 3 aromatic rings. The molecule has 0 radical (unpaired) electrons. The predicted molar refractivity (Wildman–Crippen MR) is 104 cm³/mol. The number of thioether (sulfide) groups is 1. The summed E-state index contributed by atoms with van der Waals surface area (Å²) < 4.78 is 41.1. The molecule has 0 aliphatic heterocycles. The second kappa shape index (κ2) is 9.04. The molecule has 2 heterocycles. The number of aromatic nitrogens is 4. The number of rotatable bonds is 8. The molecule has 0 bridgehead atoms. The molecule has 0 saturated carbocycles. The van der Waals surface area contributed by atoms with Gasteiger partial charge in [-0.15, -0.1) is 16.8 Å². The van der Waals surface area contributed by atoms with Crippen molar-refractivity contribution in [3.8, 4) is 11.4 Å². The lowest BCUT2D eigenvalue weighted by atomic mass is 10.0. The Balaban J connectivity index is 1.73. The maximum atomic E-state index is 13.1. The van der Waals surface area contributed by atoms with Crippen molar-refractivity contribution in [1.82, 2.24) is 19.7 Å². The SMILES string of the molecule is C=CCn1c(SCC(=O)Cc2ccccc2C(F)(F)F)nnc1-c1cccnc1. The predicted octanol–water partition coefficient (Wildman–Crippen LogP) is 4.45. The minimum absolute atomic E-state index is 0.0193. The number of hydrogen-bond acceptors (Lipinski definition) is 5. The second-order valence-electron chi connectivity index (χ2n) is 6.11. The van der Waals surface area contributed by atoms with Crippen molar-refractivity contribution in [3.63, 3.8) is 0 Å². The van der Waals surface area contributed by atoms with Crippen LogP contribution in [-0.4, -0.2) is 31.3 Å². The zero-order valence-electron chi connectivity index (χ0n) is 15.3. The Kier molecular flexibility index (Phi) is 6.48. The van der Waals surface area contributed by atoms with Crippen LogP contribution >= 0.6 is 11.8 Å². The summed E-state index contributed by atoms with van der Waals surface area (Å²) in [4.78, 5) is 16.4. The van der Waals surface area contributed by atoms with Gasteiger partial charge in [-0.05, 0) is 23.8 Å². The van der Waals surface area contributed by atoms with Gasteiger partial charge in [-0.1, -0.05) is 36.0 Å². The zero-order chi connectivity index (χ0) is 20.9. The second-order valence-corrected chi connectivity index (χ2v) is 7.05. The first kappa shape index (κ1) is 20.8.